The Morgan fingerprint density at radius 2 is 2.14 bits per heavy atom. The molecular weight excluding hydrogens is 294 g/mol. The molecule has 1 aromatic carbocycles. The van der Waals surface area contributed by atoms with Gasteiger partial charge in [-0.15, -0.1) is 0 Å². The number of nitrogens with one attached hydrogen (secondary N) is 3. The number of aromatic nitrogens is 1. The summed E-state index contributed by atoms with van der Waals surface area (Å²) in [5.74, 6) is -1.11. The van der Waals surface area contributed by atoms with Gasteiger partial charge in [0, 0.05) is 11.1 Å². The van der Waals surface area contributed by atoms with Gasteiger partial charge in [0.2, 0.25) is 0 Å². The molecule has 1 heterocycles. The number of benzene rings is 1. The van der Waals surface area contributed by atoms with Crippen LogP contribution in [0.15, 0.2) is 28.4 Å². The first-order valence-corrected chi connectivity index (χ1v) is 6.90. The van der Waals surface area contributed by atoms with Crippen molar-refractivity contribution in [2.24, 2.45) is 0 Å². The molecular formula is C13H13N3O4S. The maximum atomic E-state index is 11.8. The van der Waals surface area contributed by atoms with Gasteiger partial charge in [-0.3, -0.25) is 4.79 Å². The van der Waals surface area contributed by atoms with Crippen LogP contribution in [0.5, 0.6) is 0 Å². The molecule has 0 saturated heterocycles. The maximum absolute atomic E-state index is 11.8. The van der Waals surface area contributed by atoms with E-state index >= 15 is 0 Å². The summed E-state index contributed by atoms with van der Waals surface area (Å²) in [7, 11) is 0. The van der Waals surface area contributed by atoms with E-state index in [0.29, 0.717) is 11.3 Å². The molecule has 0 bridgehead atoms. The van der Waals surface area contributed by atoms with Crippen LogP contribution >= 0.6 is 11.3 Å². The van der Waals surface area contributed by atoms with Crippen LogP contribution in [0.1, 0.15) is 21.6 Å². The second-order valence-corrected chi connectivity index (χ2v) is 5.13. The number of aryl methyl sites for hydroxylation is 1. The van der Waals surface area contributed by atoms with Gasteiger partial charge in [-0.2, -0.15) is 0 Å². The Morgan fingerprint density at radius 1 is 1.38 bits per heavy atom. The molecule has 21 heavy (non-hydrogen) atoms. The number of urea groups is 1. The van der Waals surface area contributed by atoms with Gasteiger partial charge in [-0.05, 0) is 18.6 Å². The van der Waals surface area contributed by atoms with Crippen molar-refractivity contribution in [1.29, 1.82) is 0 Å². The Bertz CT molecular complexity index is 735. The number of aromatic amines is 1. The van der Waals surface area contributed by atoms with E-state index in [1.807, 2.05) is 0 Å². The van der Waals surface area contributed by atoms with Gasteiger partial charge in [-0.1, -0.05) is 23.5 Å². The van der Waals surface area contributed by atoms with Gasteiger partial charge in [0.1, 0.15) is 0 Å². The second kappa shape index (κ2) is 6.23. The minimum Gasteiger partial charge on any atom is -0.478 e. The molecule has 0 spiro atoms. The number of hydrogen-bond donors (Lipinski definition) is 4. The summed E-state index contributed by atoms with van der Waals surface area (Å²) in [6.45, 7) is 1.86. The lowest BCUT2D eigenvalue weighted by molar-refractivity contribution is 0.0698. The Balaban J connectivity index is 2.06. The van der Waals surface area contributed by atoms with Crippen LogP contribution in [-0.4, -0.2) is 22.1 Å². The molecule has 7 nitrogen and oxygen atoms in total. The van der Waals surface area contributed by atoms with Gasteiger partial charge >= 0.3 is 16.9 Å². The Morgan fingerprint density at radius 3 is 2.76 bits per heavy atom. The molecule has 0 aliphatic carbocycles. The number of H-pyrrole nitrogens is 1. The highest BCUT2D eigenvalue weighted by Crippen LogP contribution is 2.20. The van der Waals surface area contributed by atoms with E-state index in [1.165, 1.54) is 6.07 Å². The van der Waals surface area contributed by atoms with E-state index in [0.717, 1.165) is 11.3 Å². The molecule has 4 N–H and O–H groups in total. The number of anilines is 1. The van der Waals surface area contributed by atoms with Gasteiger partial charge < -0.3 is 20.7 Å². The van der Waals surface area contributed by atoms with Crippen molar-refractivity contribution in [2.75, 3.05) is 5.32 Å². The van der Waals surface area contributed by atoms with E-state index in [-0.39, 0.29) is 22.7 Å². The van der Waals surface area contributed by atoms with Crippen LogP contribution in [-0.2, 0) is 6.54 Å². The van der Waals surface area contributed by atoms with Crippen molar-refractivity contribution < 1.29 is 14.7 Å². The van der Waals surface area contributed by atoms with E-state index in [4.69, 9.17) is 5.11 Å². The third kappa shape index (κ3) is 3.69. The third-order valence-electron chi connectivity index (χ3n) is 2.75. The van der Waals surface area contributed by atoms with E-state index in [2.05, 4.69) is 15.6 Å². The van der Waals surface area contributed by atoms with Gasteiger partial charge in [0.25, 0.3) is 0 Å². The van der Waals surface area contributed by atoms with E-state index < -0.39 is 12.0 Å². The number of carboxylic acids is 1. The summed E-state index contributed by atoms with van der Waals surface area (Å²) >= 11 is 1.01. The van der Waals surface area contributed by atoms with Crippen molar-refractivity contribution in [3.8, 4) is 0 Å². The van der Waals surface area contributed by atoms with Crippen molar-refractivity contribution >= 4 is 29.0 Å². The van der Waals surface area contributed by atoms with Crippen LogP contribution < -0.4 is 15.5 Å². The summed E-state index contributed by atoms with van der Waals surface area (Å²) in [5, 5.41) is 15.8. The van der Waals surface area contributed by atoms with Crippen molar-refractivity contribution in [3.63, 3.8) is 0 Å². The van der Waals surface area contributed by atoms with Crippen molar-refractivity contribution in [1.82, 2.24) is 10.3 Å². The first-order chi connectivity index (χ1) is 9.97. The third-order valence-corrected chi connectivity index (χ3v) is 3.47. The quantitative estimate of drug-likeness (QED) is 0.689. The number of hydrogen-bond acceptors (Lipinski definition) is 4. The molecule has 0 fully saturated rings. The summed E-state index contributed by atoms with van der Waals surface area (Å²) in [4.78, 5) is 36.3. The maximum Gasteiger partial charge on any atom is 0.337 e. The largest absolute Gasteiger partial charge is 0.478 e. The number of aromatic carboxylic acids is 1. The molecule has 2 amide bonds. The highest BCUT2D eigenvalue weighted by molar-refractivity contribution is 7.07. The molecule has 110 valence electrons. The van der Waals surface area contributed by atoms with Gasteiger partial charge in [0.15, 0.2) is 0 Å². The average Bonchev–Trinajstić information content (AvgIpc) is 2.84. The average molecular weight is 307 g/mol. The topological polar surface area (TPSA) is 111 Å². The number of rotatable bonds is 4. The fourth-order valence-corrected chi connectivity index (χ4v) is 2.33. The molecule has 0 saturated carbocycles. The van der Waals surface area contributed by atoms with E-state index in [9.17, 15) is 14.4 Å². The SMILES string of the molecule is Cc1cccc(C(=O)O)c1NC(=O)NCc1csc(=O)[nH]1. The van der Waals surface area contributed by atoms with Crippen molar-refractivity contribution in [2.45, 2.75) is 13.5 Å². The Kier molecular flexibility index (Phi) is 4.39. The standard InChI is InChI=1S/C13H13N3O4S/c1-7-3-2-4-9(11(17)18)10(7)16-12(19)14-5-8-6-21-13(20)15-8/h2-4,6H,5H2,1H3,(H,15,20)(H,17,18)(H2,14,16,19). The highest BCUT2D eigenvalue weighted by Gasteiger charge is 2.14. The first-order valence-electron chi connectivity index (χ1n) is 6.02. The minimum absolute atomic E-state index is 0.0223. The summed E-state index contributed by atoms with van der Waals surface area (Å²) in [6, 6.07) is 4.19. The van der Waals surface area contributed by atoms with Crippen molar-refractivity contribution in [3.05, 3.63) is 50.1 Å². The molecule has 0 aliphatic rings. The van der Waals surface area contributed by atoms with Gasteiger partial charge in [0.05, 0.1) is 17.8 Å². The number of para-hydroxylation sites is 1. The zero-order valence-corrected chi connectivity index (χ0v) is 11.9. The molecule has 0 radical (unpaired) electrons. The Labute approximate surface area is 123 Å². The monoisotopic (exact) mass is 307 g/mol. The lowest BCUT2D eigenvalue weighted by Crippen LogP contribution is -2.29. The molecule has 8 heteroatoms. The predicted molar refractivity (Wildman–Crippen MR) is 78.9 cm³/mol. The molecule has 2 aromatic rings. The highest BCUT2D eigenvalue weighted by atomic mass is 32.1. The number of carbonyl (C=O) groups excluding carboxylic acids is 1. The lowest BCUT2D eigenvalue weighted by Gasteiger charge is -2.12. The van der Waals surface area contributed by atoms with Crippen LogP contribution in [0.3, 0.4) is 0 Å². The molecule has 1 aromatic heterocycles. The molecule has 0 aliphatic heterocycles. The van der Waals surface area contributed by atoms with E-state index in [1.54, 1.807) is 24.4 Å². The van der Waals surface area contributed by atoms with Crippen LogP contribution in [0.4, 0.5) is 10.5 Å². The number of carbonyl (C=O) groups is 2. The lowest BCUT2D eigenvalue weighted by atomic mass is 10.1. The summed E-state index contributed by atoms with van der Waals surface area (Å²) in [5.41, 5.74) is 1.51. The fraction of sp³-hybridized carbons (Fsp3) is 0.154. The molecule has 0 atom stereocenters. The van der Waals surface area contributed by atoms with Crippen LogP contribution in [0.25, 0.3) is 0 Å². The first kappa shape index (κ1) is 14.8. The zero-order chi connectivity index (χ0) is 15.4. The zero-order valence-electron chi connectivity index (χ0n) is 11.1. The number of amides is 2. The van der Waals surface area contributed by atoms with Gasteiger partial charge in [-0.25, -0.2) is 9.59 Å². The minimum atomic E-state index is -1.11. The summed E-state index contributed by atoms with van der Waals surface area (Å²) < 4.78 is 0. The normalized spacial score (nSPS) is 10.1. The fourth-order valence-electron chi connectivity index (χ4n) is 1.75. The van der Waals surface area contributed by atoms with Crippen LogP contribution in [0.2, 0.25) is 0 Å². The number of carboxylic acid groups (broad SMARTS) is 1. The summed E-state index contributed by atoms with van der Waals surface area (Å²) in [6.07, 6.45) is 0. The Hall–Kier alpha value is -2.61. The number of thiazole rings is 1. The smallest absolute Gasteiger partial charge is 0.337 e. The predicted octanol–water partition coefficient (Wildman–Crippen LogP) is 1.76. The van der Waals surface area contributed by atoms with Crippen LogP contribution in [0, 0.1) is 6.92 Å². The molecule has 0 unspecified atom stereocenters. The molecule has 2 rings (SSSR count). The second-order valence-electron chi connectivity index (χ2n) is 4.28.